The summed E-state index contributed by atoms with van der Waals surface area (Å²) < 4.78 is 46.0. The van der Waals surface area contributed by atoms with Gasteiger partial charge in [0.1, 0.15) is 11.9 Å². The van der Waals surface area contributed by atoms with Crippen LogP contribution < -0.4 is 4.72 Å². The fourth-order valence-corrected chi connectivity index (χ4v) is 5.92. The molecule has 0 bridgehead atoms. The summed E-state index contributed by atoms with van der Waals surface area (Å²) in [5, 5.41) is 0. The van der Waals surface area contributed by atoms with Gasteiger partial charge in [0, 0.05) is 25.7 Å². The van der Waals surface area contributed by atoms with E-state index in [0.29, 0.717) is 5.56 Å². The van der Waals surface area contributed by atoms with E-state index in [1.807, 2.05) is 19.1 Å². The van der Waals surface area contributed by atoms with Gasteiger partial charge in [-0.25, -0.2) is 13.1 Å². The minimum Gasteiger partial charge on any atom is -0.461 e. The van der Waals surface area contributed by atoms with Gasteiger partial charge >= 0.3 is 5.97 Å². The summed E-state index contributed by atoms with van der Waals surface area (Å²) >= 11 is 0. The Morgan fingerprint density at radius 1 is 1.23 bits per heavy atom. The zero-order valence-corrected chi connectivity index (χ0v) is 19.4. The lowest BCUT2D eigenvalue weighted by Crippen LogP contribution is -2.56. The lowest BCUT2D eigenvalue weighted by molar-refractivity contribution is -0.155. The molecule has 0 aromatic heterocycles. The van der Waals surface area contributed by atoms with E-state index in [4.69, 9.17) is 14.2 Å². The minimum atomic E-state index is -3.80. The number of sulfonamides is 1. The van der Waals surface area contributed by atoms with E-state index in [9.17, 15) is 18.0 Å². The first-order valence-corrected chi connectivity index (χ1v) is 12.1. The normalized spacial score (nSPS) is 27.4. The Labute approximate surface area is 183 Å². The number of benzene rings is 1. The predicted molar refractivity (Wildman–Crippen MR) is 114 cm³/mol. The Morgan fingerprint density at radius 2 is 1.87 bits per heavy atom. The molecule has 1 aromatic rings. The lowest BCUT2D eigenvalue weighted by atomic mass is 9.78. The van der Waals surface area contributed by atoms with Gasteiger partial charge in [-0.15, -0.1) is 0 Å². The van der Waals surface area contributed by atoms with Gasteiger partial charge < -0.3 is 14.2 Å². The highest BCUT2D eigenvalue weighted by Gasteiger charge is 2.52. The number of esters is 1. The van der Waals surface area contributed by atoms with Crippen molar-refractivity contribution in [1.29, 1.82) is 0 Å². The highest BCUT2D eigenvalue weighted by atomic mass is 32.2. The molecule has 3 rings (SSSR count). The SMILES string of the molecule is CC(=O)O[C@@H](C)[C@H](NS(=O)(=O)Cc1ccc(C)cc1)C1CC(=O)C[C@H]2OC(C)(C)O[C@H]12. The molecule has 1 N–H and O–H groups in total. The Bertz CT molecular complexity index is 926. The average Bonchev–Trinajstić information content (AvgIpc) is 2.94. The molecule has 2 fully saturated rings. The molecule has 0 amide bonds. The number of ether oxygens (including phenoxy) is 3. The second kappa shape index (κ2) is 8.97. The van der Waals surface area contributed by atoms with Gasteiger partial charge in [-0.2, -0.15) is 0 Å². The van der Waals surface area contributed by atoms with Crippen molar-refractivity contribution < 1.29 is 32.2 Å². The third-order valence-electron chi connectivity index (χ3n) is 5.65. The Hall–Kier alpha value is -1.81. The van der Waals surface area contributed by atoms with Gasteiger partial charge in [0.25, 0.3) is 0 Å². The molecular formula is C22H31NO7S. The zero-order valence-electron chi connectivity index (χ0n) is 18.6. The lowest BCUT2D eigenvalue weighted by Gasteiger charge is -2.38. The van der Waals surface area contributed by atoms with Gasteiger partial charge in [-0.3, -0.25) is 9.59 Å². The number of carbonyl (C=O) groups excluding carboxylic acids is 2. The first-order valence-electron chi connectivity index (χ1n) is 10.5. The van der Waals surface area contributed by atoms with Gasteiger partial charge in [-0.05, 0) is 33.3 Å². The third kappa shape index (κ3) is 6.12. The van der Waals surface area contributed by atoms with Gasteiger partial charge in [0.15, 0.2) is 5.79 Å². The molecular weight excluding hydrogens is 422 g/mol. The Morgan fingerprint density at radius 3 is 2.48 bits per heavy atom. The number of hydrogen-bond acceptors (Lipinski definition) is 7. The van der Waals surface area contributed by atoms with Crippen LogP contribution in [0.2, 0.25) is 0 Å². The number of aryl methyl sites for hydroxylation is 1. The van der Waals surface area contributed by atoms with Crippen molar-refractivity contribution >= 4 is 21.8 Å². The molecule has 0 spiro atoms. The van der Waals surface area contributed by atoms with Crippen LogP contribution in [0.3, 0.4) is 0 Å². The molecule has 2 aliphatic rings. The summed E-state index contributed by atoms with van der Waals surface area (Å²) in [4.78, 5) is 24.0. The molecule has 1 unspecified atom stereocenters. The average molecular weight is 454 g/mol. The van der Waals surface area contributed by atoms with E-state index >= 15 is 0 Å². The molecule has 8 nitrogen and oxygen atoms in total. The minimum absolute atomic E-state index is 0.0368. The van der Waals surface area contributed by atoms with E-state index in [1.165, 1.54) is 6.92 Å². The Balaban J connectivity index is 1.87. The first-order chi connectivity index (χ1) is 14.3. The van der Waals surface area contributed by atoms with Crippen LogP contribution in [0.15, 0.2) is 24.3 Å². The maximum absolute atomic E-state index is 13.0. The zero-order chi connectivity index (χ0) is 23.0. The van der Waals surface area contributed by atoms with Crippen LogP contribution in [0, 0.1) is 12.8 Å². The number of carbonyl (C=O) groups is 2. The van der Waals surface area contributed by atoms with E-state index in [2.05, 4.69) is 4.72 Å². The van der Waals surface area contributed by atoms with Gasteiger partial charge in [-0.1, -0.05) is 29.8 Å². The molecule has 1 aliphatic carbocycles. The van der Waals surface area contributed by atoms with Crippen molar-refractivity contribution in [2.45, 2.75) is 83.4 Å². The largest absolute Gasteiger partial charge is 0.461 e. The summed E-state index contributed by atoms with van der Waals surface area (Å²) in [5.74, 6) is -2.21. The van der Waals surface area contributed by atoms with Crippen LogP contribution >= 0.6 is 0 Å². The fraction of sp³-hybridized carbons (Fsp3) is 0.636. The second-order valence-electron chi connectivity index (χ2n) is 8.95. The maximum Gasteiger partial charge on any atom is 0.302 e. The van der Waals surface area contributed by atoms with Crippen LogP contribution in [0.1, 0.15) is 51.7 Å². The Kier molecular flexibility index (Phi) is 6.90. The van der Waals surface area contributed by atoms with Gasteiger partial charge in [0.05, 0.1) is 24.0 Å². The molecule has 9 heteroatoms. The molecule has 1 saturated heterocycles. The summed E-state index contributed by atoms with van der Waals surface area (Å²) in [6, 6.07) is 6.37. The second-order valence-corrected chi connectivity index (χ2v) is 10.7. The highest BCUT2D eigenvalue weighted by molar-refractivity contribution is 7.88. The van der Waals surface area contributed by atoms with Crippen molar-refractivity contribution in [3.8, 4) is 0 Å². The smallest absolute Gasteiger partial charge is 0.302 e. The summed E-state index contributed by atoms with van der Waals surface area (Å²) in [6.45, 7) is 8.34. The van der Waals surface area contributed by atoms with E-state index in [0.717, 1.165) is 5.56 Å². The highest BCUT2D eigenvalue weighted by Crippen LogP contribution is 2.41. The van der Waals surface area contributed by atoms with Crippen LogP contribution in [0.5, 0.6) is 0 Å². The molecule has 31 heavy (non-hydrogen) atoms. The molecule has 5 atom stereocenters. The van der Waals surface area contributed by atoms with Crippen LogP contribution in [-0.4, -0.2) is 50.3 Å². The van der Waals surface area contributed by atoms with E-state index < -0.39 is 52.1 Å². The maximum atomic E-state index is 13.0. The van der Waals surface area contributed by atoms with Crippen molar-refractivity contribution in [1.82, 2.24) is 4.72 Å². The fourth-order valence-electron chi connectivity index (χ4n) is 4.42. The number of fused-ring (bicyclic) bond motifs is 1. The molecule has 1 aromatic carbocycles. The summed E-state index contributed by atoms with van der Waals surface area (Å²) in [7, 11) is -3.80. The number of hydrogen-bond donors (Lipinski definition) is 1. The van der Waals surface area contributed by atoms with Crippen LogP contribution in [-0.2, 0) is 39.6 Å². The standard InChI is InChI=1S/C22H31NO7S/c1-13-6-8-16(9-7-13)12-31(26,27)23-20(14(2)28-15(3)24)18-10-17(25)11-19-21(18)30-22(4,5)29-19/h6-9,14,18-21,23H,10-12H2,1-5H3/t14-,18?,19+,20-,21+/m0/s1. The quantitative estimate of drug-likeness (QED) is 0.631. The third-order valence-corrected chi connectivity index (χ3v) is 6.99. The molecule has 1 heterocycles. The molecule has 1 saturated carbocycles. The number of rotatable bonds is 7. The topological polar surface area (TPSA) is 108 Å². The number of nitrogens with one attached hydrogen (secondary N) is 1. The van der Waals surface area contributed by atoms with Crippen molar-refractivity contribution in [2.24, 2.45) is 5.92 Å². The van der Waals surface area contributed by atoms with E-state index in [-0.39, 0.29) is 24.4 Å². The van der Waals surface area contributed by atoms with Crippen LogP contribution in [0.25, 0.3) is 0 Å². The number of ketones is 1. The van der Waals surface area contributed by atoms with Crippen molar-refractivity contribution in [3.63, 3.8) is 0 Å². The van der Waals surface area contributed by atoms with Crippen LogP contribution in [0.4, 0.5) is 0 Å². The number of Topliss-reactive ketones (excluding diaryl/α,β-unsaturated/α-hetero) is 1. The molecule has 0 radical (unpaired) electrons. The van der Waals surface area contributed by atoms with Crippen molar-refractivity contribution in [2.75, 3.05) is 0 Å². The molecule has 1 aliphatic heterocycles. The van der Waals surface area contributed by atoms with Crippen molar-refractivity contribution in [3.05, 3.63) is 35.4 Å². The van der Waals surface area contributed by atoms with E-state index in [1.54, 1.807) is 32.9 Å². The monoisotopic (exact) mass is 453 g/mol. The summed E-state index contributed by atoms with van der Waals surface area (Å²) in [6.07, 6.45) is -1.42. The predicted octanol–water partition coefficient (Wildman–Crippen LogP) is 2.23. The first kappa shape index (κ1) is 23.8. The summed E-state index contributed by atoms with van der Waals surface area (Å²) in [5.41, 5.74) is 1.67. The molecule has 172 valence electrons. The van der Waals surface area contributed by atoms with Gasteiger partial charge in [0.2, 0.25) is 10.0 Å².